The number of aryl methyl sites for hydroxylation is 1. The maximum absolute atomic E-state index is 13.2. The maximum atomic E-state index is 13.2. The molecule has 0 saturated heterocycles. The third kappa shape index (κ3) is 2.82. The Morgan fingerprint density at radius 3 is 2.42 bits per heavy atom. The molecule has 1 aromatic carbocycles. The minimum absolute atomic E-state index is 0.120. The first kappa shape index (κ1) is 17.0. The fraction of sp³-hybridized carbons (Fsp3) is 0.375. The van der Waals surface area contributed by atoms with Crippen LogP contribution in [0.5, 0.6) is 0 Å². The molecule has 24 heavy (non-hydrogen) atoms. The Morgan fingerprint density at radius 1 is 1.25 bits per heavy atom. The molecule has 1 N–H and O–H groups in total. The standard InChI is InChI=1S/C16H18ClN3O3S/c1-20-11-13(10-18-20)19-15(21)16(8-2-3-9-16)24(22,23)14-6-4-12(17)5-7-14/h4-7,10-11H,2-3,8-9H2,1H3,(H,19,21). The van der Waals surface area contributed by atoms with Gasteiger partial charge in [0.25, 0.3) is 0 Å². The average molecular weight is 368 g/mol. The summed E-state index contributed by atoms with van der Waals surface area (Å²) in [6.45, 7) is 0. The number of hydrogen-bond acceptors (Lipinski definition) is 4. The van der Waals surface area contributed by atoms with Crippen LogP contribution in [-0.2, 0) is 21.7 Å². The summed E-state index contributed by atoms with van der Waals surface area (Å²) in [6, 6.07) is 5.95. The van der Waals surface area contributed by atoms with Gasteiger partial charge in [-0.15, -0.1) is 0 Å². The number of carbonyl (C=O) groups is 1. The van der Waals surface area contributed by atoms with Gasteiger partial charge in [0, 0.05) is 18.3 Å². The van der Waals surface area contributed by atoms with Crippen molar-refractivity contribution in [2.75, 3.05) is 5.32 Å². The van der Waals surface area contributed by atoms with E-state index in [1.165, 1.54) is 30.5 Å². The summed E-state index contributed by atoms with van der Waals surface area (Å²) in [5.74, 6) is -0.497. The van der Waals surface area contributed by atoms with Gasteiger partial charge >= 0.3 is 0 Å². The molecule has 3 rings (SSSR count). The van der Waals surface area contributed by atoms with E-state index in [0.717, 1.165) is 0 Å². The molecular formula is C16H18ClN3O3S. The summed E-state index contributed by atoms with van der Waals surface area (Å²) in [5, 5.41) is 7.15. The third-order valence-corrected chi connectivity index (χ3v) is 7.19. The Morgan fingerprint density at radius 2 is 1.88 bits per heavy atom. The van der Waals surface area contributed by atoms with Crippen LogP contribution in [-0.4, -0.2) is 28.9 Å². The number of nitrogens with zero attached hydrogens (tertiary/aromatic N) is 2. The Hall–Kier alpha value is -1.86. The monoisotopic (exact) mass is 367 g/mol. The molecule has 0 bridgehead atoms. The highest BCUT2D eigenvalue weighted by atomic mass is 35.5. The van der Waals surface area contributed by atoms with Crippen molar-refractivity contribution in [2.24, 2.45) is 7.05 Å². The summed E-state index contributed by atoms with van der Waals surface area (Å²) < 4.78 is 26.5. The first-order chi connectivity index (χ1) is 11.3. The van der Waals surface area contributed by atoms with E-state index in [1.54, 1.807) is 17.9 Å². The van der Waals surface area contributed by atoms with E-state index in [2.05, 4.69) is 10.4 Å². The molecule has 0 unspecified atom stereocenters. The average Bonchev–Trinajstić information content (AvgIpc) is 3.18. The summed E-state index contributed by atoms with van der Waals surface area (Å²) in [5.41, 5.74) is 0.486. The third-order valence-electron chi connectivity index (χ3n) is 4.43. The van der Waals surface area contributed by atoms with Crippen LogP contribution < -0.4 is 5.32 Å². The largest absolute Gasteiger partial charge is 0.322 e. The van der Waals surface area contributed by atoms with E-state index in [-0.39, 0.29) is 4.90 Å². The Kier molecular flexibility index (Phi) is 4.40. The van der Waals surface area contributed by atoms with Crippen molar-refractivity contribution >= 4 is 33.0 Å². The number of aromatic nitrogens is 2. The summed E-state index contributed by atoms with van der Waals surface area (Å²) in [6.07, 6.45) is 5.15. The second-order valence-corrected chi connectivity index (χ2v) is 8.71. The highest BCUT2D eigenvalue weighted by Gasteiger charge is 2.53. The number of rotatable bonds is 4. The number of nitrogens with one attached hydrogen (secondary N) is 1. The minimum Gasteiger partial charge on any atom is -0.322 e. The van der Waals surface area contributed by atoms with E-state index < -0.39 is 20.5 Å². The number of benzene rings is 1. The number of halogens is 1. The molecular weight excluding hydrogens is 350 g/mol. The molecule has 1 aromatic heterocycles. The normalized spacial score (nSPS) is 16.9. The number of hydrogen-bond donors (Lipinski definition) is 1. The van der Waals surface area contributed by atoms with Crippen molar-refractivity contribution in [3.63, 3.8) is 0 Å². The maximum Gasteiger partial charge on any atom is 0.246 e. The summed E-state index contributed by atoms with van der Waals surface area (Å²) >= 11 is 5.84. The SMILES string of the molecule is Cn1cc(NC(=O)C2(S(=O)(=O)c3ccc(Cl)cc3)CCCC2)cn1. The molecule has 0 spiro atoms. The highest BCUT2D eigenvalue weighted by Crippen LogP contribution is 2.41. The number of amides is 1. The molecule has 6 nitrogen and oxygen atoms in total. The Balaban J connectivity index is 1.98. The zero-order chi connectivity index (χ0) is 17.4. The molecule has 0 atom stereocenters. The lowest BCUT2D eigenvalue weighted by atomic mass is 10.1. The van der Waals surface area contributed by atoms with Crippen LogP contribution >= 0.6 is 11.6 Å². The summed E-state index contributed by atoms with van der Waals surface area (Å²) in [4.78, 5) is 13.0. The second-order valence-electron chi connectivity index (χ2n) is 6.02. The molecule has 0 aliphatic heterocycles. The number of carbonyl (C=O) groups excluding carboxylic acids is 1. The van der Waals surface area contributed by atoms with Crippen LogP contribution in [0.4, 0.5) is 5.69 Å². The zero-order valence-electron chi connectivity index (χ0n) is 13.2. The Bertz CT molecular complexity index is 853. The van der Waals surface area contributed by atoms with Crippen molar-refractivity contribution in [3.05, 3.63) is 41.7 Å². The van der Waals surface area contributed by atoms with Gasteiger partial charge in [-0.2, -0.15) is 5.10 Å². The van der Waals surface area contributed by atoms with Gasteiger partial charge in [0.15, 0.2) is 14.6 Å². The minimum atomic E-state index is -3.83. The van der Waals surface area contributed by atoms with Gasteiger partial charge in [0.2, 0.25) is 5.91 Å². The molecule has 1 fully saturated rings. The van der Waals surface area contributed by atoms with Crippen LogP contribution in [0.15, 0.2) is 41.6 Å². The second kappa shape index (κ2) is 6.22. The molecule has 2 aromatic rings. The topological polar surface area (TPSA) is 81.1 Å². The molecule has 1 aliphatic carbocycles. The number of anilines is 1. The van der Waals surface area contributed by atoms with Crippen molar-refractivity contribution < 1.29 is 13.2 Å². The van der Waals surface area contributed by atoms with Crippen LogP contribution in [0.3, 0.4) is 0 Å². The van der Waals surface area contributed by atoms with Gasteiger partial charge in [0.05, 0.1) is 16.8 Å². The van der Waals surface area contributed by atoms with E-state index in [1.807, 2.05) is 0 Å². The zero-order valence-corrected chi connectivity index (χ0v) is 14.8. The van der Waals surface area contributed by atoms with E-state index in [9.17, 15) is 13.2 Å². The number of sulfone groups is 1. The van der Waals surface area contributed by atoms with Gasteiger partial charge in [-0.25, -0.2) is 8.42 Å². The fourth-order valence-corrected chi connectivity index (χ4v) is 5.33. The van der Waals surface area contributed by atoms with E-state index in [0.29, 0.717) is 36.4 Å². The smallest absolute Gasteiger partial charge is 0.246 e. The van der Waals surface area contributed by atoms with Crippen molar-refractivity contribution in [1.82, 2.24) is 9.78 Å². The fourth-order valence-electron chi connectivity index (χ4n) is 3.13. The van der Waals surface area contributed by atoms with Crippen LogP contribution in [0.25, 0.3) is 0 Å². The summed E-state index contributed by atoms with van der Waals surface area (Å²) in [7, 11) is -2.10. The van der Waals surface area contributed by atoms with Crippen molar-refractivity contribution in [2.45, 2.75) is 35.3 Å². The lowest BCUT2D eigenvalue weighted by Gasteiger charge is -2.27. The van der Waals surface area contributed by atoms with Crippen LogP contribution in [0.1, 0.15) is 25.7 Å². The van der Waals surface area contributed by atoms with Gasteiger partial charge in [0.1, 0.15) is 0 Å². The van der Waals surface area contributed by atoms with E-state index >= 15 is 0 Å². The first-order valence-electron chi connectivity index (χ1n) is 7.65. The predicted octanol–water partition coefficient (Wildman–Crippen LogP) is 2.80. The highest BCUT2D eigenvalue weighted by molar-refractivity contribution is 7.93. The molecule has 1 saturated carbocycles. The van der Waals surface area contributed by atoms with Crippen molar-refractivity contribution in [1.29, 1.82) is 0 Å². The lowest BCUT2D eigenvalue weighted by Crippen LogP contribution is -2.47. The quantitative estimate of drug-likeness (QED) is 0.900. The first-order valence-corrected chi connectivity index (χ1v) is 9.52. The van der Waals surface area contributed by atoms with E-state index in [4.69, 9.17) is 11.6 Å². The molecule has 128 valence electrons. The lowest BCUT2D eigenvalue weighted by molar-refractivity contribution is -0.118. The van der Waals surface area contributed by atoms with Gasteiger partial charge in [-0.3, -0.25) is 9.48 Å². The predicted molar refractivity (Wildman–Crippen MR) is 91.7 cm³/mol. The van der Waals surface area contributed by atoms with Gasteiger partial charge in [-0.1, -0.05) is 24.4 Å². The molecule has 1 aliphatic rings. The Labute approximate surface area is 145 Å². The van der Waals surface area contributed by atoms with Crippen LogP contribution in [0, 0.1) is 0 Å². The van der Waals surface area contributed by atoms with Gasteiger partial charge in [-0.05, 0) is 37.1 Å². The molecule has 8 heteroatoms. The molecule has 1 amide bonds. The van der Waals surface area contributed by atoms with Gasteiger partial charge < -0.3 is 5.32 Å². The molecule has 0 radical (unpaired) electrons. The molecule has 1 heterocycles. The van der Waals surface area contributed by atoms with Crippen LogP contribution in [0.2, 0.25) is 5.02 Å². The van der Waals surface area contributed by atoms with Crippen molar-refractivity contribution in [3.8, 4) is 0 Å².